The number of fused-ring (bicyclic) bond motifs is 2. The predicted molar refractivity (Wildman–Crippen MR) is 55.8 cm³/mol. The molecule has 2 N–H and O–H groups in total. The van der Waals surface area contributed by atoms with Gasteiger partial charge in [0.2, 0.25) is 0 Å². The van der Waals surface area contributed by atoms with Crippen LogP contribution >= 0.6 is 0 Å². The molecule has 0 saturated heterocycles. The highest BCUT2D eigenvalue weighted by atomic mass is 14.7. The Morgan fingerprint density at radius 1 is 1.29 bits per heavy atom. The van der Waals surface area contributed by atoms with E-state index in [1.165, 1.54) is 24.8 Å². The summed E-state index contributed by atoms with van der Waals surface area (Å²) in [5.41, 5.74) is 7.62. The summed E-state index contributed by atoms with van der Waals surface area (Å²) in [5.74, 6) is 2.20. The van der Waals surface area contributed by atoms with Gasteiger partial charge in [-0.2, -0.15) is 0 Å². The topological polar surface area (TPSA) is 38.9 Å². The third kappa shape index (κ3) is 1.10. The van der Waals surface area contributed by atoms with Gasteiger partial charge in [-0.25, -0.2) is 0 Å². The zero-order valence-corrected chi connectivity index (χ0v) is 8.26. The molecular formula is C12H16N2. The minimum Gasteiger partial charge on any atom is -0.327 e. The lowest BCUT2D eigenvalue weighted by Gasteiger charge is -2.28. The van der Waals surface area contributed by atoms with Crippen LogP contribution in [-0.2, 0) is 0 Å². The van der Waals surface area contributed by atoms with Crippen LogP contribution in [0.1, 0.15) is 30.7 Å². The van der Waals surface area contributed by atoms with Gasteiger partial charge in [-0.1, -0.05) is 6.07 Å². The fourth-order valence-electron chi connectivity index (χ4n) is 3.40. The molecule has 0 aromatic carbocycles. The Bertz CT molecular complexity index is 320. The van der Waals surface area contributed by atoms with Crippen LogP contribution in [-0.4, -0.2) is 11.0 Å². The van der Waals surface area contributed by atoms with E-state index in [1.807, 2.05) is 18.5 Å². The fourth-order valence-corrected chi connectivity index (χ4v) is 3.40. The molecule has 0 spiro atoms. The van der Waals surface area contributed by atoms with Crippen LogP contribution in [0, 0.1) is 11.8 Å². The van der Waals surface area contributed by atoms with Gasteiger partial charge in [-0.15, -0.1) is 0 Å². The van der Waals surface area contributed by atoms with E-state index in [0.717, 1.165) is 11.8 Å². The van der Waals surface area contributed by atoms with Gasteiger partial charge in [0.15, 0.2) is 0 Å². The molecule has 1 heterocycles. The molecule has 2 saturated carbocycles. The molecular weight excluding hydrogens is 172 g/mol. The van der Waals surface area contributed by atoms with Crippen molar-refractivity contribution in [3.05, 3.63) is 30.1 Å². The molecule has 2 aliphatic rings. The molecule has 4 atom stereocenters. The van der Waals surface area contributed by atoms with Gasteiger partial charge in [0.05, 0.1) is 0 Å². The second-order valence-corrected chi connectivity index (χ2v) is 4.72. The van der Waals surface area contributed by atoms with E-state index in [2.05, 4.69) is 11.1 Å². The first kappa shape index (κ1) is 8.42. The molecule has 14 heavy (non-hydrogen) atoms. The third-order valence-corrected chi connectivity index (χ3v) is 4.05. The Morgan fingerprint density at radius 2 is 2.14 bits per heavy atom. The molecule has 3 rings (SSSR count). The number of aromatic nitrogens is 1. The van der Waals surface area contributed by atoms with Crippen LogP contribution in [0.2, 0.25) is 0 Å². The monoisotopic (exact) mass is 188 g/mol. The van der Waals surface area contributed by atoms with E-state index in [0.29, 0.717) is 12.0 Å². The van der Waals surface area contributed by atoms with Crippen molar-refractivity contribution in [1.82, 2.24) is 4.98 Å². The smallest absolute Gasteiger partial charge is 0.0303 e. The highest BCUT2D eigenvalue weighted by Crippen LogP contribution is 2.51. The molecule has 74 valence electrons. The van der Waals surface area contributed by atoms with E-state index in [4.69, 9.17) is 5.73 Å². The average Bonchev–Trinajstić information content (AvgIpc) is 2.79. The summed E-state index contributed by atoms with van der Waals surface area (Å²) in [5, 5.41) is 0. The fraction of sp³-hybridized carbons (Fsp3) is 0.583. The van der Waals surface area contributed by atoms with Crippen LogP contribution < -0.4 is 5.73 Å². The summed E-state index contributed by atoms with van der Waals surface area (Å²) in [7, 11) is 0. The zero-order valence-electron chi connectivity index (χ0n) is 8.26. The maximum atomic E-state index is 6.27. The summed E-state index contributed by atoms with van der Waals surface area (Å²) in [4.78, 5) is 4.19. The van der Waals surface area contributed by atoms with E-state index in [-0.39, 0.29) is 0 Å². The van der Waals surface area contributed by atoms with Crippen LogP contribution in [0.25, 0.3) is 0 Å². The molecule has 0 aliphatic heterocycles. The van der Waals surface area contributed by atoms with E-state index in [1.54, 1.807) is 0 Å². The largest absolute Gasteiger partial charge is 0.327 e. The first-order chi connectivity index (χ1) is 6.86. The van der Waals surface area contributed by atoms with Crippen LogP contribution in [0.15, 0.2) is 24.5 Å². The molecule has 1 aromatic heterocycles. The minimum atomic E-state index is 0.387. The highest BCUT2D eigenvalue weighted by Gasteiger charge is 2.46. The summed E-state index contributed by atoms with van der Waals surface area (Å²) < 4.78 is 0. The molecule has 2 bridgehead atoms. The lowest BCUT2D eigenvalue weighted by molar-refractivity contribution is 0.365. The highest BCUT2D eigenvalue weighted by molar-refractivity contribution is 5.22. The summed E-state index contributed by atoms with van der Waals surface area (Å²) in [6.07, 6.45) is 7.90. The number of hydrogen-bond acceptors (Lipinski definition) is 2. The van der Waals surface area contributed by atoms with Gasteiger partial charge < -0.3 is 5.73 Å². The van der Waals surface area contributed by atoms with Crippen molar-refractivity contribution in [2.24, 2.45) is 17.6 Å². The van der Waals surface area contributed by atoms with Crippen molar-refractivity contribution in [3.63, 3.8) is 0 Å². The van der Waals surface area contributed by atoms with Crippen molar-refractivity contribution >= 4 is 0 Å². The standard InChI is InChI=1S/C12H16N2/c13-12-9-4-3-8(6-9)11(12)10-2-1-5-14-7-10/h1-2,5,7-9,11-12H,3-4,6,13H2/t8-,9+,11-,12+/m0/s1. The first-order valence-electron chi connectivity index (χ1n) is 5.52. The number of pyridine rings is 1. The molecule has 0 unspecified atom stereocenters. The Hall–Kier alpha value is -0.890. The van der Waals surface area contributed by atoms with Gasteiger partial charge in [0.1, 0.15) is 0 Å². The number of nitrogens with two attached hydrogens (primary N) is 1. The molecule has 0 amide bonds. The summed E-state index contributed by atoms with van der Waals surface area (Å²) in [6, 6.07) is 4.59. The molecule has 2 heteroatoms. The third-order valence-electron chi connectivity index (χ3n) is 4.05. The maximum absolute atomic E-state index is 6.27. The average molecular weight is 188 g/mol. The molecule has 0 radical (unpaired) electrons. The van der Waals surface area contributed by atoms with Crippen molar-refractivity contribution < 1.29 is 0 Å². The van der Waals surface area contributed by atoms with Crippen molar-refractivity contribution in [3.8, 4) is 0 Å². The van der Waals surface area contributed by atoms with Gasteiger partial charge in [0.25, 0.3) is 0 Å². The normalized spacial score (nSPS) is 40.4. The van der Waals surface area contributed by atoms with Gasteiger partial charge in [0, 0.05) is 24.4 Å². The summed E-state index contributed by atoms with van der Waals surface area (Å²) >= 11 is 0. The molecule has 2 aliphatic carbocycles. The maximum Gasteiger partial charge on any atom is 0.0303 e. The molecule has 1 aromatic rings. The molecule has 2 fully saturated rings. The SMILES string of the molecule is N[C@@H]1[C@@H]2CC[C@@H](C2)[C@H]1c1cccnc1. The predicted octanol–water partition coefficient (Wildman–Crippen LogP) is 1.92. The Balaban J connectivity index is 1.93. The minimum absolute atomic E-state index is 0.387. The molecule has 2 nitrogen and oxygen atoms in total. The quantitative estimate of drug-likeness (QED) is 0.731. The van der Waals surface area contributed by atoms with Crippen molar-refractivity contribution in [2.75, 3.05) is 0 Å². The number of hydrogen-bond donors (Lipinski definition) is 1. The van der Waals surface area contributed by atoms with Crippen LogP contribution in [0.4, 0.5) is 0 Å². The van der Waals surface area contributed by atoms with Crippen molar-refractivity contribution in [1.29, 1.82) is 0 Å². The van der Waals surface area contributed by atoms with Gasteiger partial charge >= 0.3 is 0 Å². The first-order valence-corrected chi connectivity index (χ1v) is 5.52. The zero-order chi connectivity index (χ0) is 9.54. The second-order valence-electron chi connectivity index (χ2n) is 4.72. The number of rotatable bonds is 1. The van der Waals surface area contributed by atoms with E-state index in [9.17, 15) is 0 Å². The summed E-state index contributed by atoms with van der Waals surface area (Å²) in [6.45, 7) is 0. The Morgan fingerprint density at radius 3 is 2.79 bits per heavy atom. The number of nitrogens with zero attached hydrogens (tertiary/aromatic N) is 1. The van der Waals surface area contributed by atoms with E-state index < -0.39 is 0 Å². The Labute approximate surface area is 84.5 Å². The lowest BCUT2D eigenvalue weighted by atomic mass is 9.81. The van der Waals surface area contributed by atoms with Crippen LogP contribution in [0.5, 0.6) is 0 Å². The van der Waals surface area contributed by atoms with E-state index >= 15 is 0 Å². The van der Waals surface area contributed by atoms with Gasteiger partial charge in [-0.3, -0.25) is 4.98 Å². The lowest BCUT2D eigenvalue weighted by Crippen LogP contribution is -2.34. The Kier molecular flexibility index (Phi) is 1.84. The van der Waals surface area contributed by atoms with Crippen molar-refractivity contribution in [2.45, 2.75) is 31.2 Å². The van der Waals surface area contributed by atoms with Crippen LogP contribution in [0.3, 0.4) is 0 Å². The van der Waals surface area contributed by atoms with Gasteiger partial charge in [-0.05, 0) is 42.7 Å². The second kappa shape index (κ2) is 3.06.